The van der Waals surface area contributed by atoms with Gasteiger partial charge in [0.25, 0.3) is 0 Å². The number of carbonyl (C=O) groups is 2. The summed E-state index contributed by atoms with van der Waals surface area (Å²) in [7, 11) is 0. The van der Waals surface area contributed by atoms with E-state index in [-0.39, 0.29) is 30.8 Å². The first-order valence-electron chi connectivity index (χ1n) is 12.1. The van der Waals surface area contributed by atoms with Crippen LogP contribution in [0.2, 0.25) is 15.1 Å². The van der Waals surface area contributed by atoms with Crippen molar-refractivity contribution >= 4 is 46.6 Å². The molecule has 3 aromatic carbocycles. The molecule has 0 saturated carbocycles. The van der Waals surface area contributed by atoms with Gasteiger partial charge in [0, 0.05) is 46.1 Å². The van der Waals surface area contributed by atoms with Gasteiger partial charge >= 0.3 is 0 Å². The first kappa shape index (κ1) is 28.0. The molecule has 0 bridgehead atoms. The van der Waals surface area contributed by atoms with E-state index in [2.05, 4.69) is 5.32 Å². The fraction of sp³-hybridized carbons (Fsp3) is 0.310. The number of amides is 2. The van der Waals surface area contributed by atoms with Crippen LogP contribution in [-0.2, 0) is 29.0 Å². The Morgan fingerprint density at radius 2 is 1.47 bits per heavy atom. The maximum Gasteiger partial charge on any atom is 0.243 e. The molecule has 4 nitrogen and oxygen atoms in total. The number of carbonyl (C=O) groups excluding carboxylic acids is 2. The predicted octanol–water partition coefficient (Wildman–Crippen LogP) is 7.13. The summed E-state index contributed by atoms with van der Waals surface area (Å²) in [4.78, 5) is 28.9. The first-order chi connectivity index (χ1) is 17.3. The van der Waals surface area contributed by atoms with E-state index in [1.807, 2.05) is 62.4 Å². The summed E-state index contributed by atoms with van der Waals surface area (Å²) in [6, 6.07) is 21.6. The van der Waals surface area contributed by atoms with Crippen molar-refractivity contribution in [2.45, 2.75) is 58.2 Å². The molecule has 0 radical (unpaired) electrons. The molecule has 0 aliphatic rings. The summed E-state index contributed by atoms with van der Waals surface area (Å²) >= 11 is 19.3. The fourth-order valence-corrected chi connectivity index (χ4v) is 4.68. The fourth-order valence-electron chi connectivity index (χ4n) is 3.94. The molecular weight excluding hydrogens is 515 g/mol. The van der Waals surface area contributed by atoms with E-state index in [9.17, 15) is 9.59 Å². The molecule has 0 aromatic heterocycles. The Hall–Kier alpha value is -2.53. The van der Waals surface area contributed by atoms with Gasteiger partial charge in [-0.15, -0.1) is 0 Å². The summed E-state index contributed by atoms with van der Waals surface area (Å²) < 4.78 is 0. The van der Waals surface area contributed by atoms with Crippen LogP contribution in [0.4, 0.5) is 0 Å². The molecule has 7 heteroatoms. The van der Waals surface area contributed by atoms with E-state index in [4.69, 9.17) is 34.8 Å². The molecule has 2 amide bonds. The van der Waals surface area contributed by atoms with Crippen molar-refractivity contribution in [2.75, 3.05) is 0 Å². The number of hydrogen-bond acceptors (Lipinski definition) is 2. The summed E-state index contributed by atoms with van der Waals surface area (Å²) in [5.74, 6) is -0.381. The second kappa shape index (κ2) is 13.7. The Morgan fingerprint density at radius 1 is 0.861 bits per heavy atom. The Labute approximate surface area is 228 Å². The molecular formula is C29H31Cl3N2O2. The van der Waals surface area contributed by atoms with Crippen molar-refractivity contribution in [1.29, 1.82) is 0 Å². The molecule has 0 saturated heterocycles. The van der Waals surface area contributed by atoms with Crippen LogP contribution in [0.5, 0.6) is 0 Å². The normalized spacial score (nSPS) is 12.6. The molecule has 0 aliphatic heterocycles. The number of halogens is 3. The Morgan fingerprint density at radius 3 is 2.11 bits per heavy atom. The van der Waals surface area contributed by atoms with Crippen LogP contribution in [0.25, 0.3) is 0 Å². The maximum absolute atomic E-state index is 13.8. The lowest BCUT2D eigenvalue weighted by atomic mass is 10.0. The SMILES string of the molecule is CC[C@@H](C)NC(=O)[C@@H](Cc1ccccc1)N(Cc1c(Cl)cccc1Cl)C(=O)CCc1ccccc1Cl. The van der Waals surface area contributed by atoms with E-state index in [0.717, 1.165) is 17.5 Å². The number of rotatable bonds is 11. The van der Waals surface area contributed by atoms with Crippen LogP contribution in [0, 0.1) is 0 Å². The van der Waals surface area contributed by atoms with Crippen LogP contribution in [0.15, 0.2) is 72.8 Å². The van der Waals surface area contributed by atoms with Crippen LogP contribution in [-0.4, -0.2) is 28.8 Å². The number of nitrogens with one attached hydrogen (secondary N) is 1. The van der Waals surface area contributed by atoms with Gasteiger partial charge < -0.3 is 10.2 Å². The lowest BCUT2D eigenvalue weighted by molar-refractivity contribution is -0.141. The smallest absolute Gasteiger partial charge is 0.243 e. The molecule has 2 atom stereocenters. The Kier molecular flexibility index (Phi) is 10.7. The zero-order chi connectivity index (χ0) is 26.1. The number of benzene rings is 3. The summed E-state index contributed by atoms with van der Waals surface area (Å²) in [6.45, 7) is 4.07. The van der Waals surface area contributed by atoms with E-state index < -0.39 is 6.04 Å². The molecule has 190 valence electrons. The maximum atomic E-state index is 13.8. The summed E-state index contributed by atoms with van der Waals surface area (Å²) in [6.07, 6.45) is 1.79. The van der Waals surface area contributed by atoms with Gasteiger partial charge in [0.2, 0.25) is 11.8 Å². The highest BCUT2D eigenvalue weighted by Gasteiger charge is 2.31. The molecule has 0 heterocycles. The number of nitrogens with zero attached hydrogens (tertiary/aromatic N) is 1. The average Bonchev–Trinajstić information content (AvgIpc) is 2.87. The molecule has 0 fully saturated rings. The molecule has 0 spiro atoms. The molecule has 3 rings (SSSR count). The Bertz CT molecular complexity index is 1150. The van der Waals surface area contributed by atoms with Crippen LogP contribution >= 0.6 is 34.8 Å². The van der Waals surface area contributed by atoms with Crippen LogP contribution in [0.3, 0.4) is 0 Å². The minimum absolute atomic E-state index is 0.0280. The highest BCUT2D eigenvalue weighted by atomic mass is 35.5. The predicted molar refractivity (Wildman–Crippen MR) is 149 cm³/mol. The monoisotopic (exact) mass is 544 g/mol. The third kappa shape index (κ3) is 7.73. The summed E-state index contributed by atoms with van der Waals surface area (Å²) in [5.41, 5.74) is 2.45. The minimum atomic E-state index is -0.743. The lowest BCUT2D eigenvalue weighted by Crippen LogP contribution is -2.52. The highest BCUT2D eigenvalue weighted by molar-refractivity contribution is 6.36. The molecule has 3 aromatic rings. The standard InChI is InChI=1S/C29H31Cl3N2O2/c1-3-20(2)33-29(36)27(18-21-10-5-4-6-11-21)34(19-23-25(31)14-9-15-26(23)32)28(35)17-16-22-12-7-8-13-24(22)30/h4-15,20,27H,3,16-19H2,1-2H3,(H,33,36)/t20-,27-/m1/s1. The van der Waals surface area contributed by atoms with Gasteiger partial charge in [0.1, 0.15) is 6.04 Å². The molecule has 0 unspecified atom stereocenters. The van der Waals surface area contributed by atoms with E-state index in [0.29, 0.717) is 33.5 Å². The van der Waals surface area contributed by atoms with Gasteiger partial charge in [-0.25, -0.2) is 0 Å². The quantitative estimate of drug-likeness (QED) is 0.278. The second-order valence-electron chi connectivity index (χ2n) is 8.84. The van der Waals surface area contributed by atoms with E-state index in [1.165, 1.54) is 0 Å². The van der Waals surface area contributed by atoms with Gasteiger partial charge in [-0.1, -0.05) is 96.3 Å². The van der Waals surface area contributed by atoms with Gasteiger partial charge in [0.05, 0.1) is 0 Å². The topological polar surface area (TPSA) is 49.4 Å². The molecule has 1 N–H and O–H groups in total. The van der Waals surface area contributed by atoms with Gasteiger partial charge in [0.15, 0.2) is 0 Å². The zero-order valence-corrected chi connectivity index (χ0v) is 22.8. The lowest BCUT2D eigenvalue weighted by Gasteiger charge is -2.33. The zero-order valence-electron chi connectivity index (χ0n) is 20.5. The van der Waals surface area contributed by atoms with E-state index in [1.54, 1.807) is 29.2 Å². The van der Waals surface area contributed by atoms with Crippen molar-refractivity contribution in [1.82, 2.24) is 10.2 Å². The van der Waals surface area contributed by atoms with Gasteiger partial charge in [-0.2, -0.15) is 0 Å². The van der Waals surface area contributed by atoms with Crippen LogP contribution in [0.1, 0.15) is 43.4 Å². The van der Waals surface area contributed by atoms with Crippen molar-refractivity contribution in [3.05, 3.63) is 105 Å². The largest absolute Gasteiger partial charge is 0.352 e. The van der Waals surface area contributed by atoms with E-state index >= 15 is 0 Å². The van der Waals surface area contributed by atoms with Crippen molar-refractivity contribution in [3.63, 3.8) is 0 Å². The Balaban J connectivity index is 1.97. The third-order valence-electron chi connectivity index (χ3n) is 6.23. The second-order valence-corrected chi connectivity index (χ2v) is 10.1. The summed E-state index contributed by atoms with van der Waals surface area (Å²) in [5, 5.41) is 4.58. The number of aryl methyl sites for hydroxylation is 1. The van der Waals surface area contributed by atoms with Crippen LogP contribution < -0.4 is 5.32 Å². The van der Waals surface area contributed by atoms with Crippen molar-refractivity contribution < 1.29 is 9.59 Å². The highest BCUT2D eigenvalue weighted by Crippen LogP contribution is 2.28. The molecule has 0 aliphatic carbocycles. The van der Waals surface area contributed by atoms with Crippen molar-refractivity contribution in [3.8, 4) is 0 Å². The molecule has 36 heavy (non-hydrogen) atoms. The first-order valence-corrected chi connectivity index (χ1v) is 13.2. The number of hydrogen-bond donors (Lipinski definition) is 1. The van der Waals surface area contributed by atoms with Gasteiger partial charge in [-0.3, -0.25) is 9.59 Å². The van der Waals surface area contributed by atoms with Gasteiger partial charge in [-0.05, 0) is 49.1 Å². The third-order valence-corrected chi connectivity index (χ3v) is 7.31. The van der Waals surface area contributed by atoms with Crippen molar-refractivity contribution in [2.24, 2.45) is 0 Å². The average molecular weight is 546 g/mol. The minimum Gasteiger partial charge on any atom is -0.352 e.